The van der Waals surface area contributed by atoms with Crippen molar-refractivity contribution in [2.75, 3.05) is 0 Å². The highest BCUT2D eigenvalue weighted by molar-refractivity contribution is 5.70. The molecule has 0 saturated heterocycles. The smallest absolute Gasteiger partial charge is 0.292 e. The van der Waals surface area contributed by atoms with Crippen molar-refractivity contribution in [3.63, 3.8) is 0 Å². The summed E-state index contributed by atoms with van der Waals surface area (Å²) in [6.07, 6.45) is 1.64. The Morgan fingerprint density at radius 3 is 2.37 bits per heavy atom. The molecule has 0 amide bonds. The van der Waals surface area contributed by atoms with E-state index in [-0.39, 0.29) is 5.75 Å². The molecule has 19 heavy (non-hydrogen) atoms. The zero-order chi connectivity index (χ0) is 13.8. The molecule has 2 aromatic rings. The topological polar surface area (TPSA) is 53.2 Å². The van der Waals surface area contributed by atoms with Crippen LogP contribution < -0.4 is 4.74 Å². The lowest BCUT2D eigenvalue weighted by molar-refractivity contribution is 0.475. The summed E-state index contributed by atoms with van der Waals surface area (Å²) in [4.78, 5) is 0. The third-order valence-electron chi connectivity index (χ3n) is 2.99. The fraction of sp³-hybridized carbons (Fsp3) is 0.188. The number of aromatic hydroxyl groups is 1. The molecule has 0 aliphatic heterocycles. The van der Waals surface area contributed by atoms with Gasteiger partial charge < -0.3 is 9.84 Å². The first-order valence-electron chi connectivity index (χ1n) is 6.11. The van der Waals surface area contributed by atoms with E-state index in [1.54, 1.807) is 30.5 Å². The van der Waals surface area contributed by atoms with Gasteiger partial charge in [-0.05, 0) is 46.9 Å². The molecule has 0 radical (unpaired) electrons. The predicted molar refractivity (Wildman–Crippen MR) is 73.9 cm³/mol. The molecule has 0 fully saturated rings. The molecule has 2 aromatic carbocycles. The number of ether oxygens (including phenoxy) is 1. The van der Waals surface area contributed by atoms with Crippen molar-refractivity contribution in [2.24, 2.45) is 0 Å². The van der Waals surface area contributed by atoms with Gasteiger partial charge in [0.05, 0.1) is 0 Å². The maximum Gasteiger partial charge on any atom is 0.292 e. The van der Waals surface area contributed by atoms with Crippen LogP contribution in [0, 0.1) is 11.5 Å². The second-order valence-electron chi connectivity index (χ2n) is 4.64. The quantitative estimate of drug-likeness (QED) is 0.840. The van der Waals surface area contributed by atoms with E-state index in [1.807, 2.05) is 18.2 Å². The molecule has 96 valence electrons. The average molecular weight is 253 g/mol. The van der Waals surface area contributed by atoms with Gasteiger partial charge in [0, 0.05) is 0 Å². The van der Waals surface area contributed by atoms with Crippen molar-refractivity contribution in [1.29, 1.82) is 5.26 Å². The summed E-state index contributed by atoms with van der Waals surface area (Å²) >= 11 is 0. The monoisotopic (exact) mass is 253 g/mol. The number of hydrogen-bond donors (Lipinski definition) is 1. The van der Waals surface area contributed by atoms with Gasteiger partial charge in [0.2, 0.25) is 0 Å². The van der Waals surface area contributed by atoms with Crippen LogP contribution in [-0.2, 0) is 0 Å². The van der Waals surface area contributed by atoms with E-state index in [0.717, 1.165) is 11.1 Å². The van der Waals surface area contributed by atoms with E-state index < -0.39 is 0 Å². The molecular weight excluding hydrogens is 238 g/mol. The molecule has 0 unspecified atom stereocenters. The zero-order valence-corrected chi connectivity index (χ0v) is 10.9. The molecular formula is C16H15NO2. The van der Waals surface area contributed by atoms with Crippen LogP contribution >= 0.6 is 0 Å². The van der Waals surface area contributed by atoms with E-state index in [9.17, 15) is 5.11 Å². The molecule has 0 spiro atoms. The Morgan fingerprint density at radius 1 is 1.11 bits per heavy atom. The molecule has 0 atom stereocenters. The molecule has 0 aliphatic rings. The molecule has 3 heteroatoms. The number of nitrogens with zero attached hydrogens (tertiary/aromatic N) is 1. The van der Waals surface area contributed by atoms with Crippen LogP contribution in [0.1, 0.15) is 25.3 Å². The lowest BCUT2D eigenvalue weighted by Crippen LogP contribution is -1.92. The Kier molecular flexibility index (Phi) is 3.72. The molecule has 3 nitrogen and oxygen atoms in total. The van der Waals surface area contributed by atoms with E-state index >= 15 is 0 Å². The molecule has 0 aliphatic carbocycles. The lowest BCUT2D eigenvalue weighted by Gasteiger charge is -2.13. The van der Waals surface area contributed by atoms with Crippen LogP contribution in [0.2, 0.25) is 0 Å². The minimum absolute atomic E-state index is 0.247. The minimum Gasteiger partial charge on any atom is -0.508 e. The highest BCUT2D eigenvalue weighted by Crippen LogP contribution is 2.32. The highest BCUT2D eigenvalue weighted by atomic mass is 16.5. The number of phenolic OH excluding ortho intramolecular Hbond substituents is 1. The number of rotatable bonds is 3. The molecule has 0 aromatic heterocycles. The highest BCUT2D eigenvalue weighted by Gasteiger charge is 2.09. The van der Waals surface area contributed by atoms with E-state index in [2.05, 4.69) is 13.8 Å². The number of benzene rings is 2. The normalized spacial score (nSPS) is 10.2. The maximum absolute atomic E-state index is 9.65. The fourth-order valence-corrected chi connectivity index (χ4v) is 2.05. The van der Waals surface area contributed by atoms with Crippen LogP contribution in [0.4, 0.5) is 0 Å². The molecule has 0 saturated carbocycles. The van der Waals surface area contributed by atoms with Crippen LogP contribution in [0.5, 0.6) is 11.5 Å². The summed E-state index contributed by atoms with van der Waals surface area (Å²) in [6, 6.07) is 12.6. The van der Waals surface area contributed by atoms with Crippen molar-refractivity contribution < 1.29 is 9.84 Å². The van der Waals surface area contributed by atoms with E-state index in [1.165, 1.54) is 5.56 Å². The molecule has 0 heterocycles. The zero-order valence-electron chi connectivity index (χ0n) is 10.9. The van der Waals surface area contributed by atoms with E-state index in [4.69, 9.17) is 10.00 Å². The SMILES string of the molecule is CC(C)c1ccc(O)cc1-c1ccc(OC#N)cc1. The fourth-order valence-electron chi connectivity index (χ4n) is 2.05. The summed E-state index contributed by atoms with van der Waals surface area (Å²) < 4.78 is 4.75. The van der Waals surface area contributed by atoms with Gasteiger partial charge in [-0.1, -0.05) is 32.0 Å². The average Bonchev–Trinajstić information content (AvgIpc) is 2.39. The maximum atomic E-state index is 9.65. The van der Waals surface area contributed by atoms with E-state index in [0.29, 0.717) is 11.7 Å². The van der Waals surface area contributed by atoms with Gasteiger partial charge in [-0.3, -0.25) is 0 Å². The molecule has 2 rings (SSSR count). The number of nitriles is 1. The third-order valence-corrected chi connectivity index (χ3v) is 2.99. The third kappa shape index (κ3) is 2.86. The van der Waals surface area contributed by atoms with Crippen molar-refractivity contribution in [3.05, 3.63) is 48.0 Å². The largest absolute Gasteiger partial charge is 0.508 e. The lowest BCUT2D eigenvalue weighted by atomic mass is 9.92. The Hall–Kier alpha value is -2.47. The summed E-state index contributed by atoms with van der Waals surface area (Å²) in [6.45, 7) is 4.23. The summed E-state index contributed by atoms with van der Waals surface area (Å²) in [5.74, 6) is 1.12. The minimum atomic E-state index is 0.247. The van der Waals surface area contributed by atoms with Gasteiger partial charge in [0.25, 0.3) is 6.26 Å². The van der Waals surface area contributed by atoms with Gasteiger partial charge >= 0.3 is 0 Å². The van der Waals surface area contributed by atoms with Gasteiger partial charge in [-0.2, -0.15) is 0 Å². The molecule has 0 bridgehead atoms. The van der Waals surface area contributed by atoms with Crippen molar-refractivity contribution in [2.45, 2.75) is 19.8 Å². The second kappa shape index (κ2) is 5.45. The summed E-state index contributed by atoms with van der Waals surface area (Å²) in [5, 5.41) is 18.1. The first-order chi connectivity index (χ1) is 9.11. The first-order valence-corrected chi connectivity index (χ1v) is 6.11. The Labute approximate surface area is 112 Å². The van der Waals surface area contributed by atoms with Crippen molar-refractivity contribution in [1.82, 2.24) is 0 Å². The van der Waals surface area contributed by atoms with Crippen LogP contribution in [0.15, 0.2) is 42.5 Å². The van der Waals surface area contributed by atoms with Crippen molar-refractivity contribution in [3.8, 4) is 28.9 Å². The predicted octanol–water partition coefficient (Wildman–Crippen LogP) is 4.04. The van der Waals surface area contributed by atoms with Crippen LogP contribution in [0.3, 0.4) is 0 Å². The van der Waals surface area contributed by atoms with Crippen molar-refractivity contribution >= 4 is 0 Å². The van der Waals surface area contributed by atoms with Crippen LogP contribution in [0.25, 0.3) is 11.1 Å². The van der Waals surface area contributed by atoms with Crippen LogP contribution in [-0.4, -0.2) is 5.11 Å². The Morgan fingerprint density at radius 2 is 1.79 bits per heavy atom. The number of phenols is 1. The summed E-state index contributed by atoms with van der Waals surface area (Å²) in [5.41, 5.74) is 3.16. The molecule has 1 N–H and O–H groups in total. The van der Waals surface area contributed by atoms with Gasteiger partial charge in [0.1, 0.15) is 11.5 Å². The summed E-state index contributed by atoms with van der Waals surface area (Å²) in [7, 11) is 0. The number of hydrogen-bond acceptors (Lipinski definition) is 3. The van der Waals surface area contributed by atoms with Gasteiger partial charge in [-0.15, -0.1) is 5.26 Å². The first kappa shape index (κ1) is 13.0. The van der Waals surface area contributed by atoms with Gasteiger partial charge in [-0.25, -0.2) is 0 Å². The Bertz CT molecular complexity index is 610. The Balaban J connectivity index is 2.46. The van der Waals surface area contributed by atoms with Gasteiger partial charge in [0.15, 0.2) is 0 Å². The second-order valence-corrected chi connectivity index (χ2v) is 4.64. The standard InChI is InChI=1S/C16H15NO2/c1-11(2)15-8-5-13(18)9-16(15)12-3-6-14(7-4-12)19-10-17/h3-9,11,18H,1-2H3.